The summed E-state index contributed by atoms with van der Waals surface area (Å²) in [5, 5.41) is 7.13. The van der Waals surface area contributed by atoms with Gasteiger partial charge in [-0.25, -0.2) is 4.99 Å². The molecule has 2 fully saturated rings. The molecule has 33 heavy (non-hydrogen) atoms. The highest BCUT2D eigenvalue weighted by molar-refractivity contribution is 14.0. The number of nitrogens with one attached hydrogen (secondary N) is 2. The van der Waals surface area contributed by atoms with Crippen LogP contribution < -0.4 is 15.5 Å². The molecule has 2 aromatic carbocycles. The third-order valence-electron chi connectivity index (χ3n) is 6.27. The van der Waals surface area contributed by atoms with Gasteiger partial charge in [-0.2, -0.15) is 0 Å². The summed E-state index contributed by atoms with van der Waals surface area (Å²) in [5.41, 5.74) is 3.95. The zero-order chi connectivity index (χ0) is 22.0. The summed E-state index contributed by atoms with van der Waals surface area (Å²) in [4.78, 5) is 9.91. The van der Waals surface area contributed by atoms with E-state index in [1.54, 1.807) is 0 Å². The van der Waals surface area contributed by atoms with Gasteiger partial charge in [0.05, 0.1) is 19.8 Å². The number of piperidine rings is 1. The van der Waals surface area contributed by atoms with Crippen molar-refractivity contribution in [2.75, 3.05) is 50.8 Å². The maximum Gasteiger partial charge on any atom is 0.191 e. The average Bonchev–Trinajstić information content (AvgIpc) is 2.85. The van der Waals surface area contributed by atoms with E-state index >= 15 is 0 Å². The Balaban J connectivity index is 0.00000306. The number of benzene rings is 2. The van der Waals surface area contributed by atoms with Gasteiger partial charge >= 0.3 is 0 Å². The average molecular weight is 564 g/mol. The number of para-hydroxylation sites is 1. The topological polar surface area (TPSA) is 52.1 Å². The number of aliphatic imine (C=N–C) groups is 1. The van der Waals surface area contributed by atoms with Crippen molar-refractivity contribution in [2.24, 2.45) is 4.99 Å². The highest BCUT2D eigenvalue weighted by Crippen LogP contribution is 2.22. The second-order valence-electron chi connectivity index (χ2n) is 8.60. The minimum absolute atomic E-state index is 0. The number of anilines is 1. The van der Waals surface area contributed by atoms with E-state index in [2.05, 4.69) is 82.0 Å². The van der Waals surface area contributed by atoms with Gasteiger partial charge in [0.15, 0.2) is 5.96 Å². The second kappa shape index (κ2) is 13.8. The number of rotatable bonds is 7. The molecule has 2 saturated heterocycles. The van der Waals surface area contributed by atoms with Crippen LogP contribution in [0.25, 0.3) is 0 Å². The van der Waals surface area contributed by atoms with Gasteiger partial charge in [-0.05, 0) is 37.0 Å². The third-order valence-corrected chi connectivity index (χ3v) is 6.27. The molecule has 7 heteroatoms. The fourth-order valence-corrected chi connectivity index (χ4v) is 4.51. The molecule has 2 N–H and O–H groups in total. The van der Waals surface area contributed by atoms with Crippen LogP contribution >= 0.6 is 24.0 Å². The first kappa shape index (κ1) is 25.8. The van der Waals surface area contributed by atoms with Gasteiger partial charge < -0.3 is 20.3 Å². The van der Waals surface area contributed by atoms with Crippen LogP contribution in [-0.2, 0) is 17.8 Å². The predicted molar refractivity (Wildman–Crippen MR) is 148 cm³/mol. The highest BCUT2D eigenvalue weighted by atomic mass is 127. The Morgan fingerprint density at radius 3 is 2.39 bits per heavy atom. The van der Waals surface area contributed by atoms with Gasteiger partial charge in [0.2, 0.25) is 0 Å². The normalized spacial score (nSPS) is 18.0. The Morgan fingerprint density at radius 2 is 1.67 bits per heavy atom. The van der Waals surface area contributed by atoms with E-state index < -0.39 is 0 Å². The molecule has 0 saturated carbocycles. The number of hydrogen-bond donors (Lipinski definition) is 2. The molecule has 0 unspecified atom stereocenters. The van der Waals surface area contributed by atoms with Crippen molar-refractivity contribution in [2.45, 2.75) is 38.9 Å². The highest BCUT2D eigenvalue weighted by Gasteiger charge is 2.20. The summed E-state index contributed by atoms with van der Waals surface area (Å²) in [5.74, 6) is 0.922. The predicted octanol–water partition coefficient (Wildman–Crippen LogP) is 3.86. The molecule has 180 valence electrons. The lowest BCUT2D eigenvalue weighted by Gasteiger charge is -2.33. The Hall–Kier alpha value is -1.84. The zero-order valence-electron chi connectivity index (χ0n) is 19.7. The Morgan fingerprint density at radius 1 is 0.970 bits per heavy atom. The zero-order valence-corrected chi connectivity index (χ0v) is 22.0. The van der Waals surface area contributed by atoms with Crippen molar-refractivity contribution in [3.05, 3.63) is 65.7 Å². The van der Waals surface area contributed by atoms with E-state index in [0.717, 1.165) is 71.3 Å². The van der Waals surface area contributed by atoms with Gasteiger partial charge in [-0.1, -0.05) is 48.5 Å². The maximum absolute atomic E-state index is 5.52. The van der Waals surface area contributed by atoms with Crippen molar-refractivity contribution in [1.82, 2.24) is 15.5 Å². The maximum atomic E-state index is 5.52. The Kier molecular flexibility index (Phi) is 10.8. The number of likely N-dealkylation sites (tertiary alicyclic amines) is 1. The number of nitrogens with zero attached hydrogens (tertiary/aromatic N) is 3. The molecule has 0 bridgehead atoms. The standard InChI is InChI=1S/C26H37N5O.HI/c1-2-27-26(28-20-23-10-6-7-11-25(23)31-16-18-32-19-17-31)29-24-12-14-30(15-13-24)21-22-8-4-3-5-9-22;/h3-11,24H,2,12-21H2,1H3,(H2,27,28,29);1H. The molecule has 2 aliphatic rings. The number of hydrogen-bond acceptors (Lipinski definition) is 4. The molecule has 2 heterocycles. The summed E-state index contributed by atoms with van der Waals surface area (Å²) < 4.78 is 5.52. The molecule has 6 nitrogen and oxygen atoms in total. The molecule has 0 atom stereocenters. The number of ether oxygens (including phenoxy) is 1. The van der Waals surface area contributed by atoms with Crippen LogP contribution in [0, 0.1) is 0 Å². The van der Waals surface area contributed by atoms with Gasteiger partial charge in [-0.15, -0.1) is 24.0 Å². The summed E-state index contributed by atoms with van der Waals surface area (Å²) in [6, 6.07) is 19.9. The lowest BCUT2D eigenvalue weighted by molar-refractivity contribution is 0.122. The van der Waals surface area contributed by atoms with Crippen LogP contribution in [0.3, 0.4) is 0 Å². The van der Waals surface area contributed by atoms with Crippen LogP contribution in [0.15, 0.2) is 59.6 Å². The third kappa shape index (κ3) is 7.86. The molecular weight excluding hydrogens is 525 g/mol. The van der Waals surface area contributed by atoms with Gasteiger partial charge in [-0.3, -0.25) is 4.90 Å². The van der Waals surface area contributed by atoms with Crippen LogP contribution in [0.4, 0.5) is 5.69 Å². The van der Waals surface area contributed by atoms with Gasteiger partial charge in [0, 0.05) is 51.0 Å². The Bertz CT molecular complexity index is 849. The van der Waals surface area contributed by atoms with E-state index in [1.807, 2.05) is 0 Å². The number of morpholine rings is 1. The SMILES string of the molecule is CCNC(=NCc1ccccc1N1CCOCC1)NC1CCN(Cc2ccccc2)CC1.I. The van der Waals surface area contributed by atoms with E-state index in [4.69, 9.17) is 9.73 Å². The van der Waals surface area contributed by atoms with E-state index in [0.29, 0.717) is 12.6 Å². The minimum atomic E-state index is 0. The molecule has 0 aromatic heterocycles. The number of guanidine groups is 1. The molecular formula is C26H38IN5O. The summed E-state index contributed by atoms with van der Waals surface area (Å²) in [7, 11) is 0. The largest absolute Gasteiger partial charge is 0.378 e. The minimum Gasteiger partial charge on any atom is -0.378 e. The first-order valence-corrected chi connectivity index (χ1v) is 12.0. The first-order chi connectivity index (χ1) is 15.8. The van der Waals surface area contributed by atoms with Crippen molar-refractivity contribution in [3.8, 4) is 0 Å². The van der Waals surface area contributed by atoms with Crippen molar-refractivity contribution < 1.29 is 4.74 Å². The van der Waals surface area contributed by atoms with Crippen LogP contribution in [0.1, 0.15) is 30.9 Å². The van der Waals surface area contributed by atoms with Crippen molar-refractivity contribution in [1.29, 1.82) is 0 Å². The molecule has 2 aliphatic heterocycles. The molecule has 4 rings (SSSR count). The lowest BCUT2D eigenvalue weighted by atomic mass is 10.0. The molecule has 0 amide bonds. The molecule has 0 spiro atoms. The Labute approximate surface area is 215 Å². The number of halogens is 1. The molecule has 0 aliphatic carbocycles. The monoisotopic (exact) mass is 563 g/mol. The quantitative estimate of drug-likeness (QED) is 0.305. The van der Waals surface area contributed by atoms with Crippen molar-refractivity contribution >= 4 is 35.6 Å². The van der Waals surface area contributed by atoms with E-state index in [-0.39, 0.29) is 24.0 Å². The summed E-state index contributed by atoms with van der Waals surface area (Å²) >= 11 is 0. The molecule has 2 aromatic rings. The second-order valence-corrected chi connectivity index (χ2v) is 8.60. The van der Waals surface area contributed by atoms with Crippen LogP contribution in [0.5, 0.6) is 0 Å². The lowest BCUT2D eigenvalue weighted by Crippen LogP contribution is -2.48. The smallest absolute Gasteiger partial charge is 0.191 e. The summed E-state index contributed by atoms with van der Waals surface area (Å²) in [6.07, 6.45) is 2.28. The fraction of sp³-hybridized carbons (Fsp3) is 0.500. The van der Waals surface area contributed by atoms with E-state index in [9.17, 15) is 0 Å². The molecule has 0 radical (unpaired) electrons. The van der Waals surface area contributed by atoms with Crippen molar-refractivity contribution in [3.63, 3.8) is 0 Å². The fourth-order valence-electron chi connectivity index (χ4n) is 4.51. The van der Waals surface area contributed by atoms with Gasteiger partial charge in [0.25, 0.3) is 0 Å². The van der Waals surface area contributed by atoms with E-state index in [1.165, 1.54) is 16.8 Å². The summed E-state index contributed by atoms with van der Waals surface area (Å²) in [6.45, 7) is 10.4. The van der Waals surface area contributed by atoms with Crippen LogP contribution in [0.2, 0.25) is 0 Å². The van der Waals surface area contributed by atoms with Gasteiger partial charge in [0.1, 0.15) is 0 Å². The van der Waals surface area contributed by atoms with Crippen LogP contribution in [-0.4, -0.2) is 62.8 Å². The first-order valence-electron chi connectivity index (χ1n) is 12.0.